The molecule has 1 aromatic carbocycles. The molecule has 256 valence electrons. The van der Waals surface area contributed by atoms with Crippen molar-refractivity contribution >= 4 is 23.3 Å². The fraction of sp³-hybridized carbons (Fsp3) is 0.558. The van der Waals surface area contributed by atoms with E-state index < -0.39 is 0 Å². The fourth-order valence-corrected chi connectivity index (χ4v) is 8.12. The van der Waals surface area contributed by atoms with E-state index in [1.165, 1.54) is 48.9 Å². The van der Waals surface area contributed by atoms with Crippen molar-refractivity contribution in [3.63, 3.8) is 0 Å². The zero-order chi connectivity index (χ0) is 34.6. The summed E-state index contributed by atoms with van der Waals surface area (Å²) in [6.07, 6.45) is 18.9. The van der Waals surface area contributed by atoms with E-state index in [1.807, 2.05) is 59.2 Å². The first kappa shape index (κ1) is 38.2. The molecule has 0 radical (unpaired) electrons. The number of carbonyl (C=O) groups excluding carboxylic acids is 1. The van der Waals surface area contributed by atoms with Gasteiger partial charge in [-0.15, -0.1) is 0 Å². The normalized spacial score (nSPS) is 23.7. The van der Waals surface area contributed by atoms with Crippen molar-refractivity contribution in [2.24, 2.45) is 28.2 Å². The van der Waals surface area contributed by atoms with E-state index in [4.69, 9.17) is 4.99 Å². The SMILES string of the molecule is C=CC1=NC(C)=C(C(=O)CCCC[C@@H](C)C2CCC(N(Cc3cnccc3C)c3ccc(C=C)cc3)CC2)C2(C)CCC12.CC.CC. The van der Waals surface area contributed by atoms with Crippen molar-refractivity contribution in [1.82, 2.24) is 4.98 Å². The van der Waals surface area contributed by atoms with Crippen LogP contribution >= 0.6 is 0 Å². The number of ketones is 1. The number of allylic oxidation sites excluding steroid dienone is 3. The molecule has 2 aliphatic carbocycles. The van der Waals surface area contributed by atoms with Crippen LogP contribution in [0.4, 0.5) is 5.69 Å². The Kier molecular flexibility index (Phi) is 14.9. The van der Waals surface area contributed by atoms with Gasteiger partial charge in [-0.25, -0.2) is 0 Å². The summed E-state index contributed by atoms with van der Waals surface area (Å²) in [7, 11) is 0. The average Bonchev–Trinajstić information content (AvgIpc) is 3.10. The highest BCUT2D eigenvalue weighted by Gasteiger charge is 2.51. The second-order valence-electron chi connectivity index (χ2n) is 13.7. The summed E-state index contributed by atoms with van der Waals surface area (Å²) < 4.78 is 0. The third kappa shape index (κ3) is 9.00. The van der Waals surface area contributed by atoms with Gasteiger partial charge in [0.2, 0.25) is 0 Å². The van der Waals surface area contributed by atoms with Crippen molar-refractivity contribution in [2.45, 2.75) is 132 Å². The minimum atomic E-state index is -0.0321. The number of benzene rings is 1. The summed E-state index contributed by atoms with van der Waals surface area (Å²) in [6, 6.07) is 11.5. The van der Waals surface area contributed by atoms with Gasteiger partial charge in [0.1, 0.15) is 0 Å². The number of aryl methyl sites for hydroxylation is 1. The molecule has 4 heteroatoms. The second-order valence-corrected chi connectivity index (χ2v) is 13.7. The summed E-state index contributed by atoms with van der Waals surface area (Å²) in [4.78, 5) is 25.2. The summed E-state index contributed by atoms with van der Waals surface area (Å²) in [5, 5.41) is 0. The van der Waals surface area contributed by atoms with Gasteiger partial charge in [-0.3, -0.25) is 14.8 Å². The maximum absolute atomic E-state index is 13.4. The Balaban J connectivity index is 0.00000144. The zero-order valence-corrected chi connectivity index (χ0v) is 30.9. The van der Waals surface area contributed by atoms with Crippen LogP contribution in [0.15, 0.2) is 78.2 Å². The molecule has 0 N–H and O–H groups in total. The van der Waals surface area contributed by atoms with Gasteiger partial charge in [0.15, 0.2) is 5.78 Å². The third-order valence-electron chi connectivity index (χ3n) is 11.0. The first-order chi connectivity index (χ1) is 22.7. The Morgan fingerprint density at radius 3 is 2.23 bits per heavy atom. The molecule has 0 saturated heterocycles. The number of pyridine rings is 1. The highest BCUT2D eigenvalue weighted by atomic mass is 16.1. The number of carbonyl (C=O) groups is 1. The lowest BCUT2D eigenvalue weighted by atomic mass is 9.53. The predicted molar refractivity (Wildman–Crippen MR) is 204 cm³/mol. The van der Waals surface area contributed by atoms with Crippen molar-refractivity contribution in [1.29, 1.82) is 0 Å². The van der Waals surface area contributed by atoms with Crippen LogP contribution in [0.1, 0.15) is 129 Å². The van der Waals surface area contributed by atoms with Crippen molar-refractivity contribution < 1.29 is 4.79 Å². The fourth-order valence-electron chi connectivity index (χ4n) is 8.12. The minimum absolute atomic E-state index is 0.0321. The van der Waals surface area contributed by atoms with Crippen LogP contribution in [0.3, 0.4) is 0 Å². The number of hydrogen-bond donors (Lipinski definition) is 0. The maximum atomic E-state index is 13.4. The molecule has 4 nitrogen and oxygen atoms in total. The molecule has 5 rings (SSSR count). The van der Waals surface area contributed by atoms with Crippen molar-refractivity contribution in [2.75, 3.05) is 4.90 Å². The van der Waals surface area contributed by atoms with E-state index in [-0.39, 0.29) is 5.41 Å². The van der Waals surface area contributed by atoms with E-state index >= 15 is 0 Å². The number of fused-ring (bicyclic) bond motifs is 1. The zero-order valence-electron chi connectivity index (χ0n) is 30.9. The van der Waals surface area contributed by atoms with Crippen LogP contribution in [0.5, 0.6) is 0 Å². The first-order valence-electron chi connectivity index (χ1n) is 18.6. The largest absolute Gasteiger partial charge is 0.364 e. The van der Waals surface area contributed by atoms with E-state index in [2.05, 4.69) is 74.1 Å². The van der Waals surface area contributed by atoms with Gasteiger partial charge >= 0.3 is 0 Å². The number of nitrogens with zero attached hydrogens (tertiary/aromatic N) is 3. The molecule has 2 saturated carbocycles. The van der Waals surface area contributed by atoms with Crippen LogP contribution in [-0.2, 0) is 11.3 Å². The predicted octanol–water partition coefficient (Wildman–Crippen LogP) is 11.7. The van der Waals surface area contributed by atoms with Crippen molar-refractivity contribution in [3.8, 4) is 0 Å². The average molecular weight is 638 g/mol. The van der Waals surface area contributed by atoms with Gasteiger partial charge in [-0.2, -0.15) is 0 Å². The minimum Gasteiger partial charge on any atom is -0.364 e. The molecule has 2 unspecified atom stereocenters. The Hall–Kier alpha value is -3.27. The standard InChI is InChI=1S/C39H51N3O.2C2H6/c1-7-30-13-17-33(18-14-30)42(26-32-25-40-24-22-28(32)4)34-19-15-31(16-20-34)27(3)11-9-10-12-37(43)38-29(5)41-36(8-2)35-21-23-39(35,38)6;2*1-2/h7-8,13-14,17-18,22,24-25,27,31,34-35H,1-2,9-12,15-16,19-21,23,26H2,3-6H3;2*1-2H3/t27-,31?,34?,35?,39?;;/m1../s1. The molecule has 2 fully saturated rings. The topological polar surface area (TPSA) is 45.6 Å². The quantitative estimate of drug-likeness (QED) is 0.205. The first-order valence-corrected chi connectivity index (χ1v) is 18.6. The number of hydrogen-bond acceptors (Lipinski definition) is 4. The maximum Gasteiger partial charge on any atom is 0.161 e. The van der Waals surface area contributed by atoms with Gasteiger partial charge in [0, 0.05) is 65.4 Å². The smallest absolute Gasteiger partial charge is 0.161 e. The Morgan fingerprint density at radius 2 is 1.66 bits per heavy atom. The van der Waals surface area contributed by atoms with E-state index in [9.17, 15) is 4.79 Å². The number of anilines is 1. The lowest BCUT2D eigenvalue weighted by Gasteiger charge is -2.51. The number of rotatable bonds is 13. The van der Waals surface area contributed by atoms with Crippen LogP contribution in [0.25, 0.3) is 6.08 Å². The monoisotopic (exact) mass is 637 g/mol. The molecular formula is C43H63N3O. The van der Waals surface area contributed by atoms with Crippen LogP contribution < -0.4 is 4.90 Å². The second kappa shape index (κ2) is 18.3. The third-order valence-corrected chi connectivity index (χ3v) is 11.0. The summed E-state index contributed by atoms with van der Waals surface area (Å²) in [6.45, 7) is 25.7. The molecule has 47 heavy (non-hydrogen) atoms. The van der Waals surface area contributed by atoms with Crippen LogP contribution in [0.2, 0.25) is 0 Å². The highest BCUT2D eigenvalue weighted by molar-refractivity contribution is 6.05. The summed E-state index contributed by atoms with van der Waals surface area (Å²) in [5.41, 5.74) is 8.01. The van der Waals surface area contributed by atoms with E-state index in [0.29, 0.717) is 30.1 Å². The molecule has 0 spiro atoms. The van der Waals surface area contributed by atoms with Gasteiger partial charge in [-0.1, -0.05) is 85.8 Å². The van der Waals surface area contributed by atoms with E-state index in [0.717, 1.165) is 60.7 Å². The summed E-state index contributed by atoms with van der Waals surface area (Å²) in [5.74, 6) is 2.16. The number of unbranched alkanes of at least 4 members (excludes halogenated alkanes) is 1. The van der Waals surface area contributed by atoms with Gasteiger partial charge in [0.05, 0.1) is 0 Å². The van der Waals surface area contributed by atoms with Crippen LogP contribution in [-0.4, -0.2) is 22.5 Å². The van der Waals surface area contributed by atoms with Gasteiger partial charge < -0.3 is 4.90 Å². The molecule has 1 aliphatic heterocycles. The van der Waals surface area contributed by atoms with E-state index in [1.54, 1.807) is 0 Å². The molecule has 3 aliphatic rings. The molecule has 3 atom stereocenters. The lowest BCUT2D eigenvalue weighted by molar-refractivity contribution is -0.117. The number of Topliss-reactive ketones (excluding diaryl/α,β-unsaturated/α-hetero) is 1. The van der Waals surface area contributed by atoms with Gasteiger partial charge in [-0.05, 0) is 112 Å². The number of aliphatic imine (C=N–C) groups is 1. The molecule has 0 amide bonds. The molecule has 2 aromatic rings. The van der Waals surface area contributed by atoms with Gasteiger partial charge in [0.25, 0.3) is 0 Å². The Labute approximate surface area is 287 Å². The highest BCUT2D eigenvalue weighted by Crippen LogP contribution is 2.56. The number of aromatic nitrogens is 1. The molecular weight excluding hydrogens is 574 g/mol. The molecule has 2 heterocycles. The lowest BCUT2D eigenvalue weighted by Crippen LogP contribution is -2.47. The summed E-state index contributed by atoms with van der Waals surface area (Å²) >= 11 is 0. The molecule has 0 bridgehead atoms. The van der Waals surface area contributed by atoms with Crippen molar-refractivity contribution in [3.05, 3.63) is 89.9 Å². The Morgan fingerprint density at radius 1 is 0.979 bits per heavy atom. The van der Waals surface area contributed by atoms with Crippen LogP contribution in [0, 0.1) is 30.1 Å². The Bertz CT molecular complexity index is 1380. The molecule has 1 aromatic heterocycles.